The second-order valence-electron chi connectivity index (χ2n) is 9.92. The van der Waals surface area contributed by atoms with Gasteiger partial charge in [-0.15, -0.1) is 0 Å². The average molecular weight is 786 g/mol. The number of ether oxygens (including phenoxy) is 1. The number of anilines is 2. The number of carbonyl (C=O) groups is 2. The van der Waals surface area contributed by atoms with Gasteiger partial charge in [-0.2, -0.15) is 0 Å². The summed E-state index contributed by atoms with van der Waals surface area (Å²) in [6.07, 6.45) is 7.23. The Morgan fingerprint density at radius 2 is 1.33 bits per heavy atom. The molecular weight excluding hydrogens is 751 g/mol. The number of aliphatic hydroxyl groups is 1. The molecule has 0 atom stereocenters. The number of nitrogens with zero attached hydrogens (tertiary/aromatic N) is 2. The molecule has 0 aliphatic rings. The molecular formula is C31H34Cl2N6O10S2. The number of esters is 1. The lowest BCUT2D eigenvalue weighted by atomic mass is 10.1. The van der Waals surface area contributed by atoms with Crippen molar-refractivity contribution in [2.45, 2.75) is 36.7 Å². The SMILES string of the molecule is CCO.CCOC(=O)c1cc(S(N)(=O)=O)c(Cl)cc1NCc1ccco1.NS(=O)(=O)c1cc(C(=O)n2ccnc2)c(NCc2ccco2)cc1Cl. The van der Waals surface area contributed by atoms with Gasteiger partial charge in [0.1, 0.15) is 27.6 Å². The smallest absolute Gasteiger partial charge is 0.340 e. The van der Waals surface area contributed by atoms with Crippen LogP contribution in [0.1, 0.15) is 46.1 Å². The molecule has 0 unspecified atom stereocenters. The first kappa shape index (κ1) is 40.7. The van der Waals surface area contributed by atoms with Crippen LogP contribution in [0.5, 0.6) is 0 Å². The van der Waals surface area contributed by atoms with Crippen molar-refractivity contribution in [3.8, 4) is 0 Å². The highest BCUT2D eigenvalue weighted by molar-refractivity contribution is 7.89. The number of primary sulfonamides is 2. The van der Waals surface area contributed by atoms with E-state index in [2.05, 4.69) is 15.6 Å². The number of rotatable bonds is 11. The topological polar surface area (TPSA) is 252 Å². The zero-order valence-electron chi connectivity index (χ0n) is 27.1. The third-order valence-corrected chi connectivity index (χ3v) is 9.04. The van der Waals surface area contributed by atoms with Crippen molar-refractivity contribution in [2.75, 3.05) is 23.8 Å². The molecule has 20 heteroatoms. The van der Waals surface area contributed by atoms with Crippen molar-refractivity contribution >= 4 is 66.5 Å². The largest absolute Gasteiger partial charge is 0.467 e. The summed E-state index contributed by atoms with van der Waals surface area (Å²) in [5.74, 6) is 0.0937. The molecule has 0 saturated heterocycles. The minimum Gasteiger partial charge on any atom is -0.467 e. The molecule has 51 heavy (non-hydrogen) atoms. The summed E-state index contributed by atoms with van der Waals surface area (Å²) in [6, 6.07) is 11.9. The quantitative estimate of drug-likeness (QED) is 0.116. The minimum atomic E-state index is -4.09. The van der Waals surface area contributed by atoms with Crippen LogP contribution >= 0.6 is 23.2 Å². The summed E-state index contributed by atoms with van der Waals surface area (Å²) in [7, 11) is -8.15. The van der Waals surface area contributed by atoms with Crippen molar-refractivity contribution in [2.24, 2.45) is 10.3 Å². The lowest BCUT2D eigenvalue weighted by Gasteiger charge is -2.13. The first-order chi connectivity index (χ1) is 24.1. The maximum Gasteiger partial charge on any atom is 0.340 e. The average Bonchev–Trinajstić information content (AvgIpc) is 3.87. The molecule has 0 aliphatic heterocycles. The van der Waals surface area contributed by atoms with Crippen LogP contribution in [0.25, 0.3) is 0 Å². The van der Waals surface area contributed by atoms with Gasteiger partial charge in [-0.25, -0.2) is 36.9 Å². The van der Waals surface area contributed by atoms with Gasteiger partial charge in [0.15, 0.2) is 0 Å². The van der Waals surface area contributed by atoms with E-state index >= 15 is 0 Å². The Bertz CT molecular complexity index is 2130. The van der Waals surface area contributed by atoms with Crippen LogP contribution in [0.15, 0.2) is 98.4 Å². The number of furan rings is 2. The van der Waals surface area contributed by atoms with Gasteiger partial charge < -0.3 is 29.3 Å². The Morgan fingerprint density at radius 3 is 1.73 bits per heavy atom. The zero-order valence-corrected chi connectivity index (χ0v) is 30.2. The molecule has 5 aromatic rings. The number of benzene rings is 2. The molecule has 0 radical (unpaired) electrons. The molecule has 0 spiro atoms. The summed E-state index contributed by atoms with van der Waals surface area (Å²) in [5.41, 5.74) is 0.759. The fourth-order valence-electron chi connectivity index (χ4n) is 4.10. The van der Waals surface area contributed by atoms with Crippen LogP contribution in [0.3, 0.4) is 0 Å². The van der Waals surface area contributed by atoms with Crippen LogP contribution in [-0.4, -0.2) is 56.6 Å². The molecule has 7 N–H and O–H groups in total. The van der Waals surface area contributed by atoms with E-state index in [1.807, 2.05) is 0 Å². The van der Waals surface area contributed by atoms with Crippen molar-refractivity contribution in [1.82, 2.24) is 9.55 Å². The number of sulfonamides is 2. The van der Waals surface area contributed by atoms with Crippen molar-refractivity contribution in [3.05, 3.63) is 112 Å². The molecule has 5 rings (SSSR count). The Kier molecular flexibility index (Phi) is 14.8. The summed E-state index contributed by atoms with van der Waals surface area (Å²) in [5, 5.41) is 23.6. The highest BCUT2D eigenvalue weighted by Gasteiger charge is 2.23. The number of hydrogen-bond donors (Lipinski definition) is 5. The number of hydrogen-bond acceptors (Lipinski definition) is 13. The first-order valence-electron chi connectivity index (χ1n) is 14.7. The monoisotopic (exact) mass is 784 g/mol. The minimum absolute atomic E-state index is 0.0202. The van der Waals surface area contributed by atoms with Crippen molar-refractivity contribution in [3.63, 3.8) is 0 Å². The van der Waals surface area contributed by atoms with E-state index in [0.717, 1.165) is 12.1 Å². The Morgan fingerprint density at radius 1 is 0.863 bits per heavy atom. The molecule has 0 amide bonds. The number of nitrogens with two attached hydrogens (primary N) is 2. The van der Waals surface area contributed by atoms with Gasteiger partial charge in [0.25, 0.3) is 5.91 Å². The second kappa shape index (κ2) is 18.5. The van der Waals surface area contributed by atoms with Crippen LogP contribution in [0.4, 0.5) is 11.4 Å². The number of imidazole rings is 1. The van der Waals surface area contributed by atoms with Crippen molar-refractivity contribution < 1.29 is 45.1 Å². The molecule has 16 nitrogen and oxygen atoms in total. The number of nitrogens with one attached hydrogen (secondary N) is 2. The van der Waals surface area contributed by atoms with Gasteiger partial charge in [-0.3, -0.25) is 9.36 Å². The van der Waals surface area contributed by atoms with Gasteiger partial charge in [0.05, 0.1) is 59.1 Å². The predicted molar refractivity (Wildman–Crippen MR) is 188 cm³/mol. The summed E-state index contributed by atoms with van der Waals surface area (Å²) in [6.45, 7) is 4.28. The highest BCUT2D eigenvalue weighted by Crippen LogP contribution is 2.30. The number of carbonyl (C=O) groups excluding carboxylic acids is 2. The Labute approximate surface area is 303 Å². The molecule has 0 saturated carbocycles. The van der Waals surface area contributed by atoms with E-state index in [-0.39, 0.29) is 57.3 Å². The molecule has 3 heterocycles. The molecule has 2 aromatic carbocycles. The van der Waals surface area contributed by atoms with Gasteiger partial charge in [-0.05, 0) is 62.4 Å². The molecule has 3 aromatic heterocycles. The molecule has 0 aliphatic carbocycles. The van der Waals surface area contributed by atoms with Crippen LogP contribution in [0, 0.1) is 0 Å². The molecule has 0 fully saturated rings. The molecule has 274 valence electrons. The maximum atomic E-state index is 12.7. The van der Waals surface area contributed by atoms with E-state index in [9.17, 15) is 26.4 Å². The van der Waals surface area contributed by atoms with E-state index in [0.29, 0.717) is 22.9 Å². The fourth-order valence-corrected chi connectivity index (χ4v) is 6.30. The van der Waals surface area contributed by atoms with Crippen LogP contribution in [-0.2, 0) is 37.9 Å². The van der Waals surface area contributed by atoms with E-state index in [1.165, 1.54) is 47.9 Å². The van der Waals surface area contributed by atoms with Gasteiger partial charge in [-0.1, -0.05) is 23.2 Å². The third-order valence-electron chi connectivity index (χ3n) is 6.29. The number of aliphatic hydroxyl groups excluding tert-OH is 1. The van der Waals surface area contributed by atoms with Crippen LogP contribution < -0.4 is 20.9 Å². The predicted octanol–water partition coefficient (Wildman–Crippen LogP) is 4.45. The number of aromatic nitrogens is 2. The van der Waals surface area contributed by atoms with Crippen molar-refractivity contribution in [1.29, 1.82) is 0 Å². The lowest BCUT2D eigenvalue weighted by molar-refractivity contribution is 0.0527. The van der Waals surface area contributed by atoms with Gasteiger partial charge in [0, 0.05) is 24.7 Å². The Balaban J connectivity index is 0.000000257. The lowest BCUT2D eigenvalue weighted by Crippen LogP contribution is -2.17. The second-order valence-corrected chi connectivity index (χ2v) is 13.8. The highest BCUT2D eigenvalue weighted by atomic mass is 35.5. The van der Waals surface area contributed by atoms with Gasteiger partial charge >= 0.3 is 5.97 Å². The standard InChI is InChI=1S/C15H13ClN4O4S.C14H15ClN2O5S.C2H6O/c16-12-7-13(19-8-10-2-1-5-24-10)11(6-14(12)25(17,22)23)15(21)20-4-3-18-9-20;1-2-21-14(18)10-6-13(23(16,19)20)11(15)7-12(10)17-8-9-4-3-5-22-9;1-2-3/h1-7,9,19H,8H2,(H2,17,22,23);3-7,17H,2,8H2,1H3,(H2,16,19,20);3H,2H2,1H3. The normalized spacial score (nSPS) is 11.0. The van der Waals surface area contributed by atoms with E-state index in [4.69, 9.17) is 52.2 Å². The number of halogens is 2. The molecule has 0 bridgehead atoms. The summed E-state index contributed by atoms with van der Waals surface area (Å²) >= 11 is 12.0. The summed E-state index contributed by atoms with van der Waals surface area (Å²) in [4.78, 5) is 27.9. The Hall–Kier alpha value is -4.69. The first-order valence-corrected chi connectivity index (χ1v) is 18.5. The van der Waals surface area contributed by atoms with E-state index in [1.54, 1.807) is 38.1 Å². The zero-order chi connectivity index (χ0) is 37.8. The van der Waals surface area contributed by atoms with Crippen LogP contribution in [0.2, 0.25) is 10.0 Å². The third kappa shape index (κ3) is 11.7. The fraction of sp³-hybridized carbons (Fsp3) is 0.194. The maximum absolute atomic E-state index is 12.7. The summed E-state index contributed by atoms with van der Waals surface area (Å²) < 4.78 is 63.1. The van der Waals surface area contributed by atoms with Gasteiger partial charge in [0.2, 0.25) is 20.0 Å². The van der Waals surface area contributed by atoms with E-state index < -0.39 is 31.9 Å².